The predicted molar refractivity (Wildman–Crippen MR) is 91.9 cm³/mol. The minimum atomic E-state index is -1.52. The van der Waals surface area contributed by atoms with E-state index in [4.69, 9.17) is 5.11 Å². The number of carboxylic acids is 3. The van der Waals surface area contributed by atoms with Crippen molar-refractivity contribution in [3.05, 3.63) is 78.1 Å². The number of carbonyl (C=O) groups excluding carboxylic acids is 2. The van der Waals surface area contributed by atoms with Crippen molar-refractivity contribution in [3.63, 3.8) is 0 Å². The molecule has 0 saturated carbocycles. The minimum absolute atomic E-state index is 0. The topological polar surface area (TPSA) is 213 Å². The summed E-state index contributed by atoms with van der Waals surface area (Å²) in [5, 5.41) is 29.1. The van der Waals surface area contributed by atoms with E-state index in [2.05, 4.69) is 9.97 Å². The van der Waals surface area contributed by atoms with E-state index in [1.165, 1.54) is 6.07 Å². The summed E-state index contributed by atoms with van der Waals surface area (Å²) in [6.07, 6.45) is 5.14. The fourth-order valence-electron chi connectivity index (χ4n) is 1.85. The Balaban J connectivity index is 0. The van der Waals surface area contributed by atoms with Crippen LogP contribution in [0.3, 0.4) is 0 Å². The van der Waals surface area contributed by atoms with Gasteiger partial charge in [-0.25, -0.2) is 14.8 Å². The molecule has 2 aromatic heterocycles. The molecule has 0 aliphatic heterocycles. The van der Waals surface area contributed by atoms with Crippen LogP contribution in [-0.4, -0.2) is 43.0 Å². The molecule has 11 nitrogen and oxygen atoms in total. The average molecular weight is 454 g/mol. The van der Waals surface area contributed by atoms with E-state index in [0.717, 1.165) is 17.8 Å². The van der Waals surface area contributed by atoms with Gasteiger partial charge < -0.3 is 40.4 Å². The normalized spacial score (nSPS) is 8.69. The van der Waals surface area contributed by atoms with Crippen molar-refractivity contribution in [3.8, 4) is 5.69 Å². The van der Waals surface area contributed by atoms with Crippen molar-refractivity contribution in [2.75, 3.05) is 0 Å². The number of aromatic nitrogens is 3. The summed E-state index contributed by atoms with van der Waals surface area (Å²) in [5.74, 6) is -3.95. The molecule has 3 aromatic rings. The third kappa shape index (κ3) is 7.91. The van der Waals surface area contributed by atoms with Crippen LogP contribution in [0.25, 0.3) is 5.69 Å². The molecular weight excluding hydrogens is 438 g/mol. The Hall–Kier alpha value is -3.57. The number of hydrogen-bond acceptors (Lipinski definition) is 7. The van der Waals surface area contributed by atoms with Crippen LogP contribution in [0.5, 0.6) is 0 Å². The smallest absolute Gasteiger partial charge is 0.543 e. The molecule has 0 bridgehead atoms. The molecule has 29 heavy (non-hydrogen) atoms. The van der Waals surface area contributed by atoms with Gasteiger partial charge in [-0.3, -0.25) is 0 Å². The van der Waals surface area contributed by atoms with Crippen LogP contribution in [0.4, 0.5) is 0 Å². The largest absolute Gasteiger partial charge is 2.00 e. The summed E-state index contributed by atoms with van der Waals surface area (Å²) < 4.78 is 1.81. The van der Waals surface area contributed by atoms with Gasteiger partial charge in [-0.05, 0) is 36.4 Å². The first-order valence-electron chi connectivity index (χ1n) is 7.10. The number of imidazole rings is 1. The van der Waals surface area contributed by atoms with Crippen molar-refractivity contribution in [1.82, 2.24) is 14.5 Å². The van der Waals surface area contributed by atoms with E-state index in [1.807, 2.05) is 4.57 Å². The number of rotatable bonds is 4. The van der Waals surface area contributed by atoms with Crippen LogP contribution in [0.1, 0.15) is 31.3 Å². The fourth-order valence-corrected chi connectivity index (χ4v) is 1.85. The second-order valence-electron chi connectivity index (χ2n) is 4.80. The summed E-state index contributed by atoms with van der Waals surface area (Å²) in [6.45, 7) is 0. The van der Waals surface area contributed by atoms with Gasteiger partial charge in [0.15, 0.2) is 0 Å². The molecule has 0 atom stereocenters. The van der Waals surface area contributed by atoms with Gasteiger partial charge in [0.2, 0.25) is 0 Å². The van der Waals surface area contributed by atoms with Crippen molar-refractivity contribution in [2.24, 2.45) is 0 Å². The molecule has 0 saturated heterocycles. The first kappa shape index (κ1) is 27.6. The standard InChI is InChI=1S/C10H8N2O2.C7H5NO4.Cu.2H2O/c13-10(14)8-1-3-9(4-2-8)12-6-5-11-7-12;9-6(10)4-2-1-3-5(8-4)7(11)12;;;/h1-7H,(H,13,14);1-3H,(H,9,10)(H,11,12);;2*1H2/q;;+2;;/p-1. The van der Waals surface area contributed by atoms with Gasteiger partial charge in [0.1, 0.15) is 0 Å². The van der Waals surface area contributed by atoms with E-state index in [-0.39, 0.29) is 33.6 Å². The second-order valence-corrected chi connectivity index (χ2v) is 4.80. The van der Waals surface area contributed by atoms with Crippen LogP contribution in [0.2, 0.25) is 0 Å². The zero-order valence-electron chi connectivity index (χ0n) is 14.5. The van der Waals surface area contributed by atoms with Crippen LogP contribution in [0, 0.1) is 0 Å². The molecular formula is C17H16CuN3O8+. The Kier molecular flexibility index (Phi) is 12.2. The molecule has 157 valence electrons. The minimum Gasteiger partial charge on any atom is -0.543 e. The quantitative estimate of drug-likeness (QED) is 0.332. The second kappa shape index (κ2) is 12.8. The van der Waals surface area contributed by atoms with Gasteiger partial charge in [-0.15, -0.1) is 0 Å². The Labute approximate surface area is 174 Å². The molecule has 0 unspecified atom stereocenters. The molecule has 1 radical (unpaired) electrons. The SMILES string of the molecule is O.O=C(O)c1ccc(-n2ccnc2)cc1.O=C([O-])c1cccc(C(=O)[O-])n1.[Cu+2].[OH3+]. The zero-order chi connectivity index (χ0) is 19.1. The molecule has 1 aromatic carbocycles. The van der Waals surface area contributed by atoms with Gasteiger partial charge in [0.05, 0.1) is 35.2 Å². The predicted octanol–water partition coefficient (Wildman–Crippen LogP) is -2.37. The summed E-state index contributed by atoms with van der Waals surface area (Å²) in [7, 11) is 0. The van der Waals surface area contributed by atoms with Gasteiger partial charge in [0.25, 0.3) is 0 Å². The molecule has 0 aliphatic carbocycles. The molecule has 6 N–H and O–H groups in total. The van der Waals surface area contributed by atoms with Crippen LogP contribution >= 0.6 is 0 Å². The van der Waals surface area contributed by atoms with Gasteiger partial charge in [0, 0.05) is 18.1 Å². The van der Waals surface area contributed by atoms with Gasteiger partial charge in [-0.2, -0.15) is 0 Å². The first-order valence-corrected chi connectivity index (χ1v) is 7.10. The molecule has 0 amide bonds. The summed E-state index contributed by atoms with van der Waals surface area (Å²) >= 11 is 0. The Morgan fingerprint density at radius 3 is 1.83 bits per heavy atom. The van der Waals surface area contributed by atoms with E-state index in [0.29, 0.717) is 0 Å². The van der Waals surface area contributed by atoms with E-state index in [9.17, 15) is 24.6 Å². The summed E-state index contributed by atoms with van der Waals surface area (Å²) in [4.78, 5) is 38.1. The first-order chi connectivity index (χ1) is 12.4. The van der Waals surface area contributed by atoms with Gasteiger partial charge in [-0.1, -0.05) is 6.07 Å². The molecule has 2 heterocycles. The fraction of sp³-hybridized carbons (Fsp3) is 0. The van der Waals surface area contributed by atoms with Crippen molar-refractivity contribution >= 4 is 17.9 Å². The van der Waals surface area contributed by atoms with Crippen molar-refractivity contribution in [2.45, 2.75) is 0 Å². The molecule has 0 aliphatic rings. The van der Waals surface area contributed by atoms with E-state index < -0.39 is 29.3 Å². The number of carbonyl (C=O) groups is 3. The van der Waals surface area contributed by atoms with Crippen molar-refractivity contribution in [1.29, 1.82) is 0 Å². The van der Waals surface area contributed by atoms with Gasteiger partial charge >= 0.3 is 23.0 Å². The maximum absolute atomic E-state index is 10.6. The zero-order valence-corrected chi connectivity index (χ0v) is 15.4. The Morgan fingerprint density at radius 2 is 1.45 bits per heavy atom. The molecule has 0 fully saturated rings. The maximum atomic E-state index is 10.6. The molecule has 3 rings (SSSR count). The van der Waals surface area contributed by atoms with Crippen LogP contribution in [0.15, 0.2) is 61.2 Å². The number of aromatic carboxylic acids is 3. The summed E-state index contributed by atoms with van der Waals surface area (Å²) in [6, 6.07) is 10.2. The third-order valence-electron chi connectivity index (χ3n) is 3.08. The molecule has 0 spiro atoms. The van der Waals surface area contributed by atoms with E-state index >= 15 is 0 Å². The Bertz CT molecular complexity index is 901. The average Bonchev–Trinajstić information content (AvgIpc) is 3.17. The summed E-state index contributed by atoms with van der Waals surface area (Å²) in [5.41, 5.74) is 0.342. The van der Waals surface area contributed by atoms with Crippen LogP contribution in [-0.2, 0) is 22.5 Å². The third-order valence-corrected chi connectivity index (χ3v) is 3.08. The monoisotopic (exact) mass is 453 g/mol. The van der Waals surface area contributed by atoms with E-state index in [1.54, 1.807) is 43.0 Å². The maximum Gasteiger partial charge on any atom is 2.00 e. The molecule has 12 heteroatoms. The Morgan fingerprint density at radius 1 is 0.931 bits per heavy atom. The number of benzene rings is 1. The number of carboxylic acid groups (broad SMARTS) is 3. The van der Waals surface area contributed by atoms with Crippen molar-refractivity contribution < 1.29 is 57.7 Å². The number of pyridine rings is 1. The number of nitrogens with zero attached hydrogens (tertiary/aromatic N) is 3. The number of hydrogen-bond donors (Lipinski definition) is 1. The van der Waals surface area contributed by atoms with Crippen LogP contribution < -0.4 is 10.2 Å².